The van der Waals surface area contributed by atoms with Gasteiger partial charge in [0, 0.05) is 68.7 Å². The molecule has 0 fully saturated rings. The van der Waals surface area contributed by atoms with Crippen LogP contribution < -0.4 is 5.56 Å². The fourth-order valence-electron chi connectivity index (χ4n) is 5.73. The first-order valence-electron chi connectivity index (χ1n) is 14.5. The zero-order valence-corrected chi connectivity index (χ0v) is 25.6. The van der Waals surface area contributed by atoms with E-state index < -0.39 is 0 Å². The number of hydrogen-bond donors (Lipinski definition) is 1. The van der Waals surface area contributed by atoms with Crippen molar-refractivity contribution in [2.45, 2.75) is 6.42 Å². The summed E-state index contributed by atoms with van der Waals surface area (Å²) in [4.78, 5) is 34.6. The van der Waals surface area contributed by atoms with Gasteiger partial charge in [-0.1, -0.05) is 53.5 Å². The van der Waals surface area contributed by atoms with Gasteiger partial charge in [-0.15, -0.1) is 0 Å². The van der Waals surface area contributed by atoms with E-state index in [-0.39, 0.29) is 5.56 Å². The van der Waals surface area contributed by atoms with Gasteiger partial charge in [-0.3, -0.25) is 4.79 Å². The average molecular weight is 641 g/mol. The van der Waals surface area contributed by atoms with E-state index in [1.807, 2.05) is 100 Å². The SMILES string of the molecule is O=c1cc(-c2cc(-n3ccnc3)c3ccc(Cl)cc3n2)cc(Cc2cn(-c3cc(-c4ccccc4)nc4cc(Cl)ccc34)cn2)[nH]1. The van der Waals surface area contributed by atoms with Gasteiger partial charge in [-0.25, -0.2) is 19.9 Å². The van der Waals surface area contributed by atoms with Crippen LogP contribution in [0.25, 0.3) is 55.7 Å². The van der Waals surface area contributed by atoms with E-state index in [0.717, 1.165) is 50.1 Å². The number of fused-ring (bicyclic) bond motifs is 2. The number of pyridine rings is 3. The summed E-state index contributed by atoms with van der Waals surface area (Å²) in [5.41, 5.74) is 7.74. The van der Waals surface area contributed by atoms with Crippen LogP contribution in [0, 0.1) is 0 Å². The summed E-state index contributed by atoms with van der Waals surface area (Å²) in [6, 6.07) is 28.8. The summed E-state index contributed by atoms with van der Waals surface area (Å²) in [5, 5.41) is 3.06. The van der Waals surface area contributed by atoms with Crippen molar-refractivity contribution in [1.29, 1.82) is 0 Å². The molecule has 46 heavy (non-hydrogen) atoms. The van der Waals surface area contributed by atoms with Crippen LogP contribution in [0.3, 0.4) is 0 Å². The maximum absolute atomic E-state index is 12.9. The normalized spacial score (nSPS) is 11.4. The molecule has 0 atom stereocenters. The molecule has 5 aromatic heterocycles. The summed E-state index contributed by atoms with van der Waals surface area (Å²) in [6.07, 6.45) is 9.48. The Bertz CT molecular complexity index is 2450. The third kappa shape index (κ3) is 5.34. The first kappa shape index (κ1) is 27.9. The summed E-state index contributed by atoms with van der Waals surface area (Å²) < 4.78 is 3.90. The van der Waals surface area contributed by atoms with Crippen molar-refractivity contribution in [3.05, 3.63) is 154 Å². The Labute approximate surface area is 272 Å². The second-order valence-corrected chi connectivity index (χ2v) is 11.8. The highest BCUT2D eigenvalue weighted by Crippen LogP contribution is 2.31. The van der Waals surface area contributed by atoms with Crippen molar-refractivity contribution in [2.24, 2.45) is 0 Å². The Morgan fingerprint density at radius 3 is 2.04 bits per heavy atom. The van der Waals surface area contributed by atoms with Crippen LogP contribution in [-0.2, 0) is 6.42 Å². The Kier molecular flexibility index (Phi) is 6.93. The molecule has 8 aromatic rings. The van der Waals surface area contributed by atoms with E-state index in [9.17, 15) is 4.79 Å². The molecule has 10 heteroatoms. The fourth-order valence-corrected chi connectivity index (χ4v) is 6.06. The number of nitrogens with zero attached hydrogens (tertiary/aromatic N) is 6. The first-order valence-corrected chi connectivity index (χ1v) is 15.2. The van der Waals surface area contributed by atoms with E-state index in [4.69, 9.17) is 38.2 Å². The lowest BCUT2D eigenvalue weighted by molar-refractivity contribution is 1.01. The summed E-state index contributed by atoms with van der Waals surface area (Å²) in [5.74, 6) is 0. The van der Waals surface area contributed by atoms with E-state index in [1.165, 1.54) is 0 Å². The van der Waals surface area contributed by atoms with Crippen molar-refractivity contribution >= 4 is 45.0 Å². The second-order valence-electron chi connectivity index (χ2n) is 10.9. The van der Waals surface area contributed by atoms with Crippen molar-refractivity contribution in [3.63, 3.8) is 0 Å². The maximum atomic E-state index is 12.9. The summed E-state index contributed by atoms with van der Waals surface area (Å²) >= 11 is 12.7. The summed E-state index contributed by atoms with van der Waals surface area (Å²) in [6.45, 7) is 0. The lowest BCUT2D eigenvalue weighted by Gasteiger charge is -2.12. The fraction of sp³-hybridized carbons (Fsp3) is 0.0278. The van der Waals surface area contributed by atoms with E-state index >= 15 is 0 Å². The number of nitrogens with one attached hydrogen (secondary N) is 1. The molecule has 8 nitrogen and oxygen atoms in total. The van der Waals surface area contributed by atoms with Crippen LogP contribution in [0.15, 0.2) is 127 Å². The molecular formula is C36H23Cl2N7O. The molecule has 1 N–H and O–H groups in total. The van der Waals surface area contributed by atoms with Crippen LogP contribution in [0.5, 0.6) is 0 Å². The van der Waals surface area contributed by atoms with Gasteiger partial charge in [0.15, 0.2) is 0 Å². The molecule has 0 spiro atoms. The molecule has 222 valence electrons. The Hall–Kier alpha value is -5.57. The average Bonchev–Trinajstić information content (AvgIpc) is 3.77. The second kappa shape index (κ2) is 11.4. The number of imidazole rings is 2. The van der Waals surface area contributed by atoms with Crippen LogP contribution in [0.4, 0.5) is 0 Å². The molecule has 0 unspecified atom stereocenters. The topological polar surface area (TPSA) is 94.3 Å². The lowest BCUT2D eigenvalue weighted by atomic mass is 10.1. The third-order valence-electron chi connectivity index (χ3n) is 7.83. The van der Waals surface area contributed by atoms with Crippen molar-refractivity contribution in [2.75, 3.05) is 0 Å². The highest BCUT2D eigenvalue weighted by molar-refractivity contribution is 6.31. The number of aromatic nitrogens is 7. The quantitative estimate of drug-likeness (QED) is 0.198. The van der Waals surface area contributed by atoms with Gasteiger partial charge < -0.3 is 14.1 Å². The standard InChI is InChI=1S/C36H23Cl2N7O/c37-24-6-8-28-32(14-24)43-31(18-34(28)44-11-10-39-20-44)23-12-26(41-36(46)13-23)16-27-19-45(21-40-27)35-17-30(22-4-2-1-3-5-22)42-33-15-25(38)7-9-29(33)35/h1-15,17-21H,16H2,(H,41,46). The third-order valence-corrected chi connectivity index (χ3v) is 8.30. The van der Waals surface area contributed by atoms with Gasteiger partial charge in [-0.05, 0) is 54.6 Å². The zero-order valence-electron chi connectivity index (χ0n) is 24.1. The predicted octanol–water partition coefficient (Wildman–Crippen LogP) is 8.07. The highest BCUT2D eigenvalue weighted by atomic mass is 35.5. The lowest BCUT2D eigenvalue weighted by Crippen LogP contribution is -2.09. The molecule has 3 aromatic carbocycles. The monoisotopic (exact) mass is 639 g/mol. The molecule has 0 aliphatic rings. The number of hydrogen-bond acceptors (Lipinski definition) is 5. The molecule has 5 heterocycles. The number of H-pyrrole nitrogens is 1. The number of rotatable bonds is 6. The molecule has 0 aliphatic carbocycles. The van der Waals surface area contributed by atoms with Gasteiger partial charge in [0.05, 0.1) is 52.1 Å². The minimum atomic E-state index is -0.228. The molecule has 0 radical (unpaired) electrons. The number of halogens is 2. The molecule has 0 saturated carbocycles. The Morgan fingerprint density at radius 1 is 0.696 bits per heavy atom. The largest absolute Gasteiger partial charge is 0.326 e. The van der Waals surface area contributed by atoms with Gasteiger partial charge in [0.25, 0.3) is 0 Å². The van der Waals surface area contributed by atoms with E-state index in [0.29, 0.717) is 33.4 Å². The molecular weight excluding hydrogens is 617 g/mol. The predicted molar refractivity (Wildman–Crippen MR) is 182 cm³/mol. The Morgan fingerprint density at radius 2 is 1.37 bits per heavy atom. The van der Waals surface area contributed by atoms with Gasteiger partial charge in [0.2, 0.25) is 5.56 Å². The zero-order chi connectivity index (χ0) is 31.2. The summed E-state index contributed by atoms with van der Waals surface area (Å²) in [7, 11) is 0. The number of aromatic amines is 1. The first-order chi connectivity index (χ1) is 22.5. The van der Waals surface area contributed by atoms with Crippen molar-refractivity contribution < 1.29 is 0 Å². The van der Waals surface area contributed by atoms with Gasteiger partial charge >= 0.3 is 0 Å². The van der Waals surface area contributed by atoms with E-state index in [2.05, 4.69) is 16.0 Å². The number of benzene rings is 3. The molecule has 0 saturated heterocycles. The minimum absolute atomic E-state index is 0.228. The van der Waals surface area contributed by atoms with Crippen LogP contribution in [0.2, 0.25) is 10.0 Å². The van der Waals surface area contributed by atoms with Crippen LogP contribution in [-0.4, -0.2) is 34.1 Å². The van der Waals surface area contributed by atoms with Crippen LogP contribution >= 0.6 is 23.2 Å². The Balaban J connectivity index is 1.17. The minimum Gasteiger partial charge on any atom is -0.326 e. The molecule has 0 amide bonds. The van der Waals surface area contributed by atoms with Crippen molar-refractivity contribution in [3.8, 4) is 33.9 Å². The highest BCUT2D eigenvalue weighted by Gasteiger charge is 2.14. The maximum Gasteiger partial charge on any atom is 0.248 e. The smallest absolute Gasteiger partial charge is 0.248 e. The van der Waals surface area contributed by atoms with Crippen LogP contribution in [0.1, 0.15) is 11.4 Å². The van der Waals surface area contributed by atoms with Gasteiger partial charge in [0.1, 0.15) is 0 Å². The van der Waals surface area contributed by atoms with Crippen molar-refractivity contribution in [1.82, 2.24) is 34.1 Å². The van der Waals surface area contributed by atoms with E-state index in [1.54, 1.807) is 24.9 Å². The van der Waals surface area contributed by atoms with Gasteiger partial charge in [-0.2, -0.15) is 0 Å². The molecule has 8 rings (SSSR count). The molecule has 0 bridgehead atoms. The molecule has 0 aliphatic heterocycles.